The van der Waals surface area contributed by atoms with Gasteiger partial charge in [0.05, 0.1) is 11.0 Å². The second kappa shape index (κ2) is 26.3. The monoisotopic (exact) mass is 1450 g/mol. The predicted octanol–water partition coefficient (Wildman–Crippen LogP) is 31.3. The lowest BCUT2D eigenvalue weighted by atomic mass is 9.85. The molecule has 0 saturated heterocycles. The van der Waals surface area contributed by atoms with Crippen molar-refractivity contribution in [2.45, 2.75) is 0 Å². The molecule has 4 aromatic heterocycles. The second-order valence-electron chi connectivity index (χ2n) is 29.9. The van der Waals surface area contributed by atoms with Gasteiger partial charge in [-0.05, 0) is 205 Å². The van der Waals surface area contributed by atoms with E-state index in [-0.39, 0.29) is 0 Å². The highest BCUT2D eigenvalue weighted by atomic mass is 16.3. The molecule has 4 heteroatoms. The fraction of sp³-hybridized carbons (Fsp3) is 0. The van der Waals surface area contributed by atoms with Gasteiger partial charge in [-0.15, -0.1) is 0 Å². The van der Waals surface area contributed by atoms with Crippen LogP contribution in [0, 0.1) is 0 Å². The summed E-state index contributed by atoms with van der Waals surface area (Å²) < 4.78 is 21.6. The summed E-state index contributed by atoms with van der Waals surface area (Å²) in [6.07, 6.45) is 0. The van der Waals surface area contributed by atoms with Gasteiger partial charge in [0.15, 0.2) is 0 Å². The molecular formula is C110H67NO3. The van der Waals surface area contributed by atoms with E-state index in [1.165, 1.54) is 131 Å². The molecule has 4 heterocycles. The Labute approximate surface area is 656 Å². The van der Waals surface area contributed by atoms with E-state index in [9.17, 15) is 0 Å². The molecule has 0 radical (unpaired) electrons. The fourth-order valence-electron chi connectivity index (χ4n) is 18.7. The van der Waals surface area contributed by atoms with Gasteiger partial charge in [-0.25, -0.2) is 0 Å². The van der Waals surface area contributed by atoms with E-state index in [0.717, 1.165) is 105 Å². The van der Waals surface area contributed by atoms with E-state index in [4.69, 9.17) is 13.3 Å². The van der Waals surface area contributed by atoms with Crippen LogP contribution in [0.25, 0.3) is 236 Å². The zero-order valence-electron chi connectivity index (χ0n) is 61.9. The lowest BCUT2D eigenvalue weighted by molar-refractivity contribution is 0.668. The van der Waals surface area contributed by atoms with Crippen molar-refractivity contribution < 1.29 is 13.3 Å². The molecule has 0 N–H and O–H groups in total. The number of rotatable bonds is 9. The van der Waals surface area contributed by atoms with Gasteiger partial charge in [0, 0.05) is 59.9 Å². The molecule has 24 rings (SSSR count). The highest BCUT2D eigenvalue weighted by Crippen LogP contribution is 2.51. The van der Waals surface area contributed by atoms with Crippen LogP contribution >= 0.6 is 0 Å². The van der Waals surface area contributed by atoms with E-state index >= 15 is 0 Å². The lowest BCUT2D eigenvalue weighted by Gasteiger charge is -2.18. The van der Waals surface area contributed by atoms with Crippen molar-refractivity contribution >= 4 is 141 Å². The predicted molar refractivity (Wildman–Crippen MR) is 480 cm³/mol. The quantitative estimate of drug-likeness (QED) is 0.135. The van der Waals surface area contributed by atoms with Crippen molar-refractivity contribution in [2.24, 2.45) is 0 Å². The van der Waals surface area contributed by atoms with Crippen LogP contribution in [0.4, 0.5) is 0 Å². The number of hydrogen-bond donors (Lipinski definition) is 0. The van der Waals surface area contributed by atoms with E-state index in [1.54, 1.807) is 0 Å². The first-order valence-corrected chi connectivity index (χ1v) is 39.1. The van der Waals surface area contributed by atoms with Gasteiger partial charge in [-0.1, -0.05) is 334 Å². The van der Waals surface area contributed by atoms with Crippen LogP contribution in [0.2, 0.25) is 0 Å². The third kappa shape index (κ3) is 10.4. The fourth-order valence-corrected chi connectivity index (χ4v) is 18.7. The summed E-state index contributed by atoms with van der Waals surface area (Å²) in [6.45, 7) is 0. The molecule has 0 aliphatic rings. The molecule has 24 aromatic rings. The maximum absolute atomic E-state index is 6.53. The van der Waals surface area contributed by atoms with Gasteiger partial charge in [0.2, 0.25) is 0 Å². The highest BCUT2D eigenvalue weighted by molar-refractivity contribution is 6.25. The molecule has 0 unspecified atom stereocenters. The van der Waals surface area contributed by atoms with Crippen LogP contribution in [0.1, 0.15) is 0 Å². The summed E-state index contributed by atoms with van der Waals surface area (Å²) in [7, 11) is 0. The zero-order valence-corrected chi connectivity index (χ0v) is 61.9. The Balaban J connectivity index is 0.000000135. The summed E-state index contributed by atoms with van der Waals surface area (Å²) in [4.78, 5) is 0. The van der Waals surface area contributed by atoms with Crippen molar-refractivity contribution in [1.29, 1.82) is 0 Å². The van der Waals surface area contributed by atoms with Crippen molar-refractivity contribution in [3.8, 4) is 94.7 Å². The Kier molecular flexibility index (Phi) is 15.0. The Hall–Kier alpha value is -15.1. The molecule has 0 spiro atoms. The third-order valence-corrected chi connectivity index (χ3v) is 23.7. The van der Waals surface area contributed by atoms with Gasteiger partial charge in [-0.2, -0.15) is 0 Å². The lowest BCUT2D eigenvalue weighted by Crippen LogP contribution is -1.94. The highest BCUT2D eigenvalue weighted by Gasteiger charge is 2.25. The van der Waals surface area contributed by atoms with Gasteiger partial charge in [0.1, 0.15) is 33.5 Å². The van der Waals surface area contributed by atoms with Crippen LogP contribution in [0.5, 0.6) is 0 Å². The third-order valence-electron chi connectivity index (χ3n) is 23.7. The molecule has 20 aromatic carbocycles. The first-order valence-electron chi connectivity index (χ1n) is 39.1. The van der Waals surface area contributed by atoms with Crippen LogP contribution in [0.3, 0.4) is 0 Å². The van der Waals surface area contributed by atoms with Crippen molar-refractivity contribution in [3.63, 3.8) is 0 Å². The van der Waals surface area contributed by atoms with Crippen LogP contribution in [-0.2, 0) is 0 Å². The molecule has 0 saturated carbocycles. The molecule has 0 bridgehead atoms. The molecule has 0 fully saturated rings. The van der Waals surface area contributed by atoms with E-state index in [1.807, 2.05) is 24.3 Å². The number of benzene rings is 20. The van der Waals surface area contributed by atoms with Crippen LogP contribution in [-0.4, -0.2) is 4.57 Å². The number of nitrogens with zero attached hydrogens (tertiary/aromatic N) is 1. The molecular weight excluding hydrogens is 1380 g/mol. The summed E-state index contributed by atoms with van der Waals surface area (Å²) in [5, 5.41) is 21.7. The van der Waals surface area contributed by atoms with E-state index < -0.39 is 0 Å². The molecule has 0 aliphatic carbocycles. The second-order valence-corrected chi connectivity index (χ2v) is 29.9. The van der Waals surface area contributed by atoms with Gasteiger partial charge in [0.25, 0.3) is 0 Å². The average molecular weight is 1450 g/mol. The molecule has 4 nitrogen and oxygen atoms in total. The van der Waals surface area contributed by atoms with Crippen LogP contribution < -0.4 is 0 Å². The standard InChI is InChI=1S/C56H35NO.C54H32O2/c1-3-15-37(16-4-1)53-44-20-7-9-22-46(44)54(47-23-10-8-21-45(47)53)38-29-27-36(28-30-38)41-33-34-52-56(48-24-12-14-26-51(48)58-52)55(41)39-31-32-43-42-19-11-13-25-49(42)57(50(43)35-39)40-17-5-2-6-18-40;1-2-12-36-31-37(26-21-33(36)11-1)52-43-16-5-3-14-41(43)51(42-15-4-6-17-44(42)52)35-24-22-34(23-25-35)39-28-30-50-54(45-18-8-10-20-48(45)56-50)53(39)38-27-29-49-46(32-38)40-13-7-9-19-47(40)55-49/h1-35H;1-32H. The van der Waals surface area contributed by atoms with Crippen molar-refractivity contribution in [1.82, 2.24) is 4.57 Å². The molecule has 0 aliphatic heterocycles. The summed E-state index contributed by atoms with van der Waals surface area (Å²) >= 11 is 0. The first kappa shape index (κ1) is 64.8. The largest absolute Gasteiger partial charge is 0.456 e. The molecule has 530 valence electrons. The normalized spacial score (nSPS) is 11.9. The maximum Gasteiger partial charge on any atom is 0.136 e. The summed E-state index contributed by atoms with van der Waals surface area (Å²) in [5.41, 5.74) is 28.0. The minimum Gasteiger partial charge on any atom is -0.456 e. The Morgan fingerprint density at radius 1 is 0.158 bits per heavy atom. The number of furan rings is 3. The maximum atomic E-state index is 6.53. The van der Waals surface area contributed by atoms with Gasteiger partial charge >= 0.3 is 0 Å². The molecule has 0 atom stereocenters. The Morgan fingerprint density at radius 3 is 1.00 bits per heavy atom. The Morgan fingerprint density at radius 2 is 0.482 bits per heavy atom. The smallest absolute Gasteiger partial charge is 0.136 e. The minimum absolute atomic E-state index is 0.878. The van der Waals surface area contributed by atoms with Gasteiger partial charge in [-0.3, -0.25) is 0 Å². The zero-order chi connectivity index (χ0) is 74.9. The summed E-state index contributed by atoms with van der Waals surface area (Å²) in [5.74, 6) is 0. The minimum atomic E-state index is 0.878. The topological polar surface area (TPSA) is 44.4 Å². The Bertz CT molecular complexity index is 7900. The summed E-state index contributed by atoms with van der Waals surface area (Å²) in [6, 6.07) is 147. The van der Waals surface area contributed by atoms with E-state index in [2.05, 4.69) is 387 Å². The molecule has 114 heavy (non-hydrogen) atoms. The number of hydrogen-bond acceptors (Lipinski definition) is 3. The average Bonchev–Trinajstić information content (AvgIpc) is 1.53. The van der Waals surface area contributed by atoms with Crippen molar-refractivity contribution in [2.75, 3.05) is 0 Å². The van der Waals surface area contributed by atoms with E-state index in [0.29, 0.717) is 0 Å². The molecule has 0 amide bonds. The first-order chi connectivity index (χ1) is 56.6. The van der Waals surface area contributed by atoms with Crippen LogP contribution in [0.15, 0.2) is 420 Å². The van der Waals surface area contributed by atoms with Crippen molar-refractivity contribution in [3.05, 3.63) is 406 Å². The van der Waals surface area contributed by atoms with Gasteiger partial charge < -0.3 is 17.8 Å². The number of para-hydroxylation sites is 5. The number of fused-ring (bicyclic) bond motifs is 17. The number of aromatic nitrogens is 1. The SMILES string of the molecule is c1ccc(-c2c3ccccc3c(-c3ccc(-c4ccc5oc6ccccc6c5c4-c4ccc5c6ccccc6n(-c6ccccc6)c5c4)cc3)c3ccccc23)cc1.c1ccc2cc(-c3c4ccccc4c(-c4ccc(-c5ccc6oc7ccccc7c6c5-c5ccc6oc7ccccc7c6c5)cc4)c4ccccc34)ccc2c1.